The Bertz CT molecular complexity index is 815. The van der Waals surface area contributed by atoms with Crippen LogP contribution in [-0.2, 0) is 10.0 Å². The topological polar surface area (TPSA) is 91.3 Å². The minimum Gasteiger partial charge on any atom is -0.352 e. The van der Waals surface area contributed by atoms with Crippen LogP contribution in [0.5, 0.6) is 0 Å². The molecule has 25 heavy (non-hydrogen) atoms. The summed E-state index contributed by atoms with van der Waals surface area (Å²) in [6.07, 6.45) is 3.32. The van der Waals surface area contributed by atoms with E-state index in [0.717, 1.165) is 18.7 Å². The van der Waals surface area contributed by atoms with Gasteiger partial charge in [-0.3, -0.25) is 0 Å². The van der Waals surface area contributed by atoms with Crippen LogP contribution in [0.15, 0.2) is 36.5 Å². The van der Waals surface area contributed by atoms with Gasteiger partial charge in [0.1, 0.15) is 5.82 Å². The lowest BCUT2D eigenvalue weighted by atomic mass is 10.3. The average molecular weight is 360 g/mol. The second-order valence-corrected chi connectivity index (χ2v) is 8.46. The van der Waals surface area contributed by atoms with Crippen LogP contribution in [0.25, 0.3) is 0 Å². The molecule has 0 atom stereocenters. The highest BCUT2D eigenvalue weighted by Crippen LogP contribution is 2.31. The quantitative estimate of drug-likeness (QED) is 0.857. The molecular formula is C16H20N6O2S. The van der Waals surface area contributed by atoms with E-state index in [2.05, 4.69) is 25.4 Å². The van der Waals surface area contributed by atoms with Crippen LogP contribution in [0.3, 0.4) is 0 Å². The molecule has 2 fully saturated rings. The van der Waals surface area contributed by atoms with Gasteiger partial charge in [-0.15, -0.1) is 10.2 Å². The maximum atomic E-state index is 12.3. The molecule has 3 heterocycles. The Morgan fingerprint density at radius 1 is 0.960 bits per heavy atom. The maximum absolute atomic E-state index is 12.3. The lowest BCUT2D eigenvalue weighted by Crippen LogP contribution is -2.49. The molecule has 1 saturated carbocycles. The zero-order chi connectivity index (χ0) is 17.3. The SMILES string of the molecule is O=S(=O)(C1CC1)N1CCN(c2ccc(Nc3ccccn3)nn2)CC1. The number of rotatable bonds is 5. The van der Waals surface area contributed by atoms with Crippen LogP contribution >= 0.6 is 0 Å². The first-order valence-electron chi connectivity index (χ1n) is 8.39. The largest absolute Gasteiger partial charge is 0.352 e. The fourth-order valence-electron chi connectivity index (χ4n) is 2.88. The first-order chi connectivity index (χ1) is 12.1. The number of sulfonamides is 1. The molecule has 8 nitrogen and oxygen atoms in total. The van der Waals surface area contributed by atoms with Crippen LogP contribution in [0.2, 0.25) is 0 Å². The molecule has 0 aromatic carbocycles. The molecule has 0 spiro atoms. The fraction of sp³-hybridized carbons (Fsp3) is 0.438. The zero-order valence-corrected chi connectivity index (χ0v) is 14.6. The molecule has 1 aliphatic heterocycles. The summed E-state index contributed by atoms with van der Waals surface area (Å²) in [5.74, 6) is 2.09. The molecule has 1 saturated heterocycles. The number of hydrogen-bond donors (Lipinski definition) is 1. The van der Waals surface area contributed by atoms with E-state index in [-0.39, 0.29) is 5.25 Å². The molecular weight excluding hydrogens is 340 g/mol. The molecule has 4 rings (SSSR count). The molecule has 2 aromatic heterocycles. The highest BCUT2D eigenvalue weighted by atomic mass is 32.2. The van der Waals surface area contributed by atoms with E-state index in [1.165, 1.54) is 0 Å². The smallest absolute Gasteiger partial charge is 0.217 e. The van der Waals surface area contributed by atoms with Crippen LogP contribution < -0.4 is 10.2 Å². The highest BCUT2D eigenvalue weighted by molar-refractivity contribution is 7.90. The third-order valence-electron chi connectivity index (χ3n) is 4.44. The van der Waals surface area contributed by atoms with Gasteiger partial charge >= 0.3 is 0 Å². The van der Waals surface area contributed by atoms with Crippen molar-refractivity contribution in [3.8, 4) is 0 Å². The average Bonchev–Trinajstić information content (AvgIpc) is 3.49. The Hall–Kier alpha value is -2.26. The number of aromatic nitrogens is 3. The molecule has 0 radical (unpaired) electrons. The van der Waals surface area contributed by atoms with Crippen molar-refractivity contribution in [2.75, 3.05) is 36.4 Å². The van der Waals surface area contributed by atoms with E-state index < -0.39 is 10.0 Å². The number of piperazine rings is 1. The molecule has 0 bridgehead atoms. The standard InChI is InChI=1S/C16H20N6O2S/c23-25(24,13-4-5-13)22-11-9-21(10-12-22)16-7-6-15(19-20-16)18-14-3-1-2-8-17-14/h1-3,6-8,13H,4-5,9-12H2,(H,17,18,19). The van der Waals surface area contributed by atoms with Gasteiger partial charge in [-0.05, 0) is 37.1 Å². The monoisotopic (exact) mass is 360 g/mol. The van der Waals surface area contributed by atoms with Crippen molar-refractivity contribution in [1.82, 2.24) is 19.5 Å². The van der Waals surface area contributed by atoms with E-state index in [9.17, 15) is 8.42 Å². The van der Waals surface area contributed by atoms with Crippen molar-refractivity contribution in [2.45, 2.75) is 18.1 Å². The maximum Gasteiger partial charge on any atom is 0.217 e. The first-order valence-corrected chi connectivity index (χ1v) is 9.89. The molecule has 9 heteroatoms. The normalized spacial score (nSPS) is 19.0. The van der Waals surface area contributed by atoms with Gasteiger partial charge in [-0.25, -0.2) is 13.4 Å². The Kier molecular flexibility index (Phi) is 4.26. The van der Waals surface area contributed by atoms with Crippen LogP contribution in [0, 0.1) is 0 Å². The summed E-state index contributed by atoms with van der Waals surface area (Å²) >= 11 is 0. The molecule has 1 N–H and O–H groups in total. The van der Waals surface area contributed by atoms with E-state index in [4.69, 9.17) is 0 Å². The van der Waals surface area contributed by atoms with Crippen molar-refractivity contribution in [1.29, 1.82) is 0 Å². The summed E-state index contributed by atoms with van der Waals surface area (Å²) in [6.45, 7) is 2.28. The Morgan fingerprint density at radius 3 is 2.36 bits per heavy atom. The minimum atomic E-state index is -3.08. The lowest BCUT2D eigenvalue weighted by Gasteiger charge is -2.34. The second kappa shape index (κ2) is 6.57. The predicted molar refractivity (Wildman–Crippen MR) is 95.3 cm³/mol. The predicted octanol–water partition coefficient (Wildman–Crippen LogP) is 1.23. The number of nitrogens with zero attached hydrogens (tertiary/aromatic N) is 5. The molecule has 0 unspecified atom stereocenters. The Labute approximate surface area is 146 Å². The summed E-state index contributed by atoms with van der Waals surface area (Å²) in [7, 11) is -3.08. The summed E-state index contributed by atoms with van der Waals surface area (Å²) in [5, 5.41) is 11.4. The minimum absolute atomic E-state index is 0.143. The molecule has 0 amide bonds. The van der Waals surface area contributed by atoms with E-state index in [0.29, 0.717) is 37.8 Å². The number of nitrogens with one attached hydrogen (secondary N) is 1. The summed E-state index contributed by atoms with van der Waals surface area (Å²) < 4.78 is 26.2. The van der Waals surface area contributed by atoms with Crippen molar-refractivity contribution in [3.63, 3.8) is 0 Å². The molecule has 2 aliphatic rings. The number of anilines is 3. The van der Waals surface area contributed by atoms with Crippen molar-refractivity contribution in [3.05, 3.63) is 36.5 Å². The first kappa shape index (κ1) is 16.2. The van der Waals surface area contributed by atoms with Crippen molar-refractivity contribution >= 4 is 27.5 Å². The summed E-state index contributed by atoms with van der Waals surface area (Å²) in [4.78, 5) is 6.25. The van der Waals surface area contributed by atoms with Gasteiger partial charge in [0.15, 0.2) is 11.6 Å². The highest BCUT2D eigenvalue weighted by Gasteiger charge is 2.41. The Balaban J connectivity index is 1.37. The number of hydrogen-bond acceptors (Lipinski definition) is 7. The van der Waals surface area contributed by atoms with Gasteiger partial charge in [0.2, 0.25) is 10.0 Å². The third kappa shape index (κ3) is 3.57. The van der Waals surface area contributed by atoms with Crippen molar-refractivity contribution < 1.29 is 8.42 Å². The molecule has 1 aliphatic carbocycles. The summed E-state index contributed by atoms with van der Waals surface area (Å²) in [6, 6.07) is 9.35. The molecule has 132 valence electrons. The van der Waals surface area contributed by atoms with Gasteiger partial charge < -0.3 is 10.2 Å². The number of pyridine rings is 1. The zero-order valence-electron chi connectivity index (χ0n) is 13.7. The van der Waals surface area contributed by atoms with Crippen molar-refractivity contribution in [2.24, 2.45) is 0 Å². The van der Waals surface area contributed by atoms with Gasteiger partial charge in [0.05, 0.1) is 5.25 Å². The Morgan fingerprint density at radius 2 is 1.76 bits per heavy atom. The van der Waals surface area contributed by atoms with Crippen LogP contribution in [0.4, 0.5) is 17.5 Å². The summed E-state index contributed by atoms with van der Waals surface area (Å²) in [5.41, 5.74) is 0. The second-order valence-electron chi connectivity index (χ2n) is 6.25. The van der Waals surface area contributed by atoms with Gasteiger partial charge in [-0.2, -0.15) is 4.31 Å². The van der Waals surface area contributed by atoms with Gasteiger partial charge in [-0.1, -0.05) is 6.07 Å². The third-order valence-corrected chi connectivity index (χ3v) is 6.84. The van der Waals surface area contributed by atoms with Gasteiger partial charge in [0, 0.05) is 32.4 Å². The molecule has 2 aromatic rings. The fourth-order valence-corrected chi connectivity index (χ4v) is 4.70. The lowest BCUT2D eigenvalue weighted by molar-refractivity contribution is 0.383. The van der Waals surface area contributed by atoms with E-state index in [1.807, 2.05) is 30.3 Å². The van der Waals surface area contributed by atoms with Crippen LogP contribution in [0.1, 0.15) is 12.8 Å². The van der Waals surface area contributed by atoms with E-state index in [1.54, 1.807) is 10.5 Å². The van der Waals surface area contributed by atoms with Crippen LogP contribution in [-0.4, -0.2) is 59.3 Å². The van der Waals surface area contributed by atoms with E-state index >= 15 is 0 Å². The van der Waals surface area contributed by atoms with Gasteiger partial charge in [0.25, 0.3) is 0 Å².